The number of hydrogen-bond donors (Lipinski definition) is 1. The van der Waals surface area contributed by atoms with Crippen LogP contribution in [0.1, 0.15) is 31.8 Å². The van der Waals surface area contributed by atoms with Crippen molar-refractivity contribution < 1.29 is 32.9 Å². The minimum Gasteiger partial charge on any atom is -0.497 e. The molecule has 2 aliphatic rings. The summed E-state index contributed by atoms with van der Waals surface area (Å²) in [6, 6.07) is 25.9. The maximum atomic E-state index is 16.2. The molecule has 53 heavy (non-hydrogen) atoms. The number of nitrogens with one attached hydrogen (secondary N) is 1. The number of aromatic amines is 1. The van der Waals surface area contributed by atoms with Crippen molar-refractivity contribution >= 4 is 55.4 Å². The molecule has 11 heteroatoms. The van der Waals surface area contributed by atoms with Gasteiger partial charge in [-0.15, -0.1) is 0 Å². The van der Waals surface area contributed by atoms with Crippen molar-refractivity contribution in [2.75, 3.05) is 47.1 Å². The molecule has 2 aromatic heterocycles. The molecule has 0 bridgehead atoms. The number of H-pyrrole nitrogens is 1. The van der Waals surface area contributed by atoms with Gasteiger partial charge in [0, 0.05) is 70.9 Å². The highest BCUT2D eigenvalue weighted by Crippen LogP contribution is 2.46. The molecular formula is C42H37FN4O6. The van der Waals surface area contributed by atoms with Gasteiger partial charge >= 0.3 is 0 Å². The summed E-state index contributed by atoms with van der Waals surface area (Å²) in [5.74, 6) is -0.226. The van der Waals surface area contributed by atoms with Gasteiger partial charge in [-0.25, -0.2) is 4.39 Å². The molecule has 4 heterocycles. The molecule has 1 N–H and O–H groups in total. The summed E-state index contributed by atoms with van der Waals surface area (Å²) in [6.07, 6.45) is 0. The van der Waals surface area contributed by atoms with E-state index < -0.39 is 17.6 Å². The van der Waals surface area contributed by atoms with Crippen LogP contribution in [0.2, 0.25) is 0 Å². The van der Waals surface area contributed by atoms with Crippen molar-refractivity contribution in [3.63, 3.8) is 0 Å². The van der Waals surface area contributed by atoms with Gasteiger partial charge in [0.05, 0.1) is 61.7 Å². The Hall–Kier alpha value is -5.91. The van der Waals surface area contributed by atoms with Crippen LogP contribution < -0.4 is 14.2 Å². The molecule has 0 radical (unpaired) electrons. The van der Waals surface area contributed by atoms with Crippen molar-refractivity contribution in [1.29, 1.82) is 0 Å². The highest BCUT2D eigenvalue weighted by Gasteiger charge is 2.42. The van der Waals surface area contributed by atoms with Gasteiger partial charge < -0.3 is 28.5 Å². The maximum absolute atomic E-state index is 16.2. The molecule has 5 aromatic carbocycles. The van der Waals surface area contributed by atoms with E-state index >= 15 is 4.39 Å². The number of fused-ring (bicyclic) bond motifs is 10. The highest BCUT2D eigenvalue weighted by atomic mass is 19.1. The van der Waals surface area contributed by atoms with Gasteiger partial charge in [0.1, 0.15) is 18.1 Å². The summed E-state index contributed by atoms with van der Waals surface area (Å²) in [5.41, 5.74) is 5.13. The zero-order valence-corrected chi connectivity index (χ0v) is 29.4. The van der Waals surface area contributed by atoms with Crippen LogP contribution in [0.25, 0.3) is 43.6 Å². The summed E-state index contributed by atoms with van der Waals surface area (Å²) in [4.78, 5) is 36.7. The summed E-state index contributed by atoms with van der Waals surface area (Å²) in [6.45, 7) is 4.32. The Balaban J connectivity index is 1.28. The van der Waals surface area contributed by atoms with E-state index in [1.807, 2.05) is 54.6 Å². The number of benzene rings is 5. The molecule has 2 amide bonds. The number of imide groups is 1. The second kappa shape index (κ2) is 13.3. The van der Waals surface area contributed by atoms with E-state index in [4.69, 9.17) is 18.9 Å². The molecule has 10 nitrogen and oxygen atoms in total. The van der Waals surface area contributed by atoms with Crippen LogP contribution in [0, 0.1) is 5.82 Å². The van der Waals surface area contributed by atoms with E-state index in [9.17, 15) is 9.59 Å². The molecule has 7 aromatic rings. The fourth-order valence-corrected chi connectivity index (χ4v) is 7.92. The summed E-state index contributed by atoms with van der Waals surface area (Å²) >= 11 is 0. The van der Waals surface area contributed by atoms with Crippen molar-refractivity contribution in [2.45, 2.75) is 19.7 Å². The molecule has 268 valence electrons. The van der Waals surface area contributed by atoms with E-state index in [1.54, 1.807) is 31.4 Å². The third-order valence-electron chi connectivity index (χ3n) is 10.5. The number of ether oxygens (including phenoxy) is 4. The van der Waals surface area contributed by atoms with E-state index in [0.717, 1.165) is 40.6 Å². The lowest BCUT2D eigenvalue weighted by atomic mass is 9.96. The molecule has 1 fully saturated rings. The topological polar surface area (TPSA) is 98.3 Å². The van der Waals surface area contributed by atoms with Crippen LogP contribution in [-0.4, -0.2) is 78.2 Å². The van der Waals surface area contributed by atoms with Gasteiger partial charge in [-0.05, 0) is 29.8 Å². The largest absolute Gasteiger partial charge is 0.497 e. The third kappa shape index (κ3) is 5.46. The molecule has 0 unspecified atom stereocenters. The number of rotatable bonds is 10. The number of hydrogen-bond acceptors (Lipinski definition) is 7. The second-order valence-electron chi connectivity index (χ2n) is 13.4. The monoisotopic (exact) mass is 712 g/mol. The number of carbonyl (C=O) groups excluding carboxylic acids is 2. The summed E-state index contributed by atoms with van der Waals surface area (Å²) in [7, 11) is 3.10. The van der Waals surface area contributed by atoms with Crippen molar-refractivity contribution in [3.8, 4) is 17.2 Å². The molecule has 0 spiro atoms. The van der Waals surface area contributed by atoms with E-state index in [2.05, 4.69) is 14.5 Å². The van der Waals surface area contributed by atoms with Crippen LogP contribution in [0.15, 0.2) is 84.9 Å². The van der Waals surface area contributed by atoms with Gasteiger partial charge in [0.25, 0.3) is 11.8 Å². The molecule has 0 saturated carbocycles. The van der Waals surface area contributed by atoms with Gasteiger partial charge in [0.2, 0.25) is 0 Å². The lowest BCUT2D eigenvalue weighted by molar-refractivity contribution is 0.0366. The quantitative estimate of drug-likeness (QED) is 0.149. The lowest BCUT2D eigenvalue weighted by Crippen LogP contribution is -2.38. The van der Waals surface area contributed by atoms with Gasteiger partial charge in [-0.2, -0.15) is 0 Å². The first-order chi connectivity index (χ1) is 25.9. The second-order valence-corrected chi connectivity index (χ2v) is 13.4. The number of halogens is 1. The zero-order chi connectivity index (χ0) is 36.2. The third-order valence-corrected chi connectivity index (χ3v) is 10.5. The van der Waals surface area contributed by atoms with Crippen molar-refractivity contribution in [1.82, 2.24) is 19.4 Å². The van der Waals surface area contributed by atoms with E-state index in [1.165, 1.54) is 18.1 Å². The number of para-hydroxylation sites is 1. The number of aromatic nitrogens is 2. The van der Waals surface area contributed by atoms with Crippen molar-refractivity contribution in [2.24, 2.45) is 0 Å². The number of carbonyl (C=O) groups is 2. The van der Waals surface area contributed by atoms with Gasteiger partial charge in [0.15, 0.2) is 11.6 Å². The molecule has 2 aliphatic heterocycles. The fourth-order valence-electron chi connectivity index (χ4n) is 7.92. The highest BCUT2D eigenvalue weighted by molar-refractivity contribution is 6.39. The Kier molecular flexibility index (Phi) is 8.24. The molecule has 9 rings (SSSR count). The fraction of sp³-hybridized carbons (Fsp3) is 0.238. The Morgan fingerprint density at radius 2 is 1.55 bits per heavy atom. The summed E-state index contributed by atoms with van der Waals surface area (Å²) < 4.78 is 41.1. The molecule has 0 aliphatic carbocycles. The Labute approximate surface area is 304 Å². The van der Waals surface area contributed by atoms with E-state index in [0.29, 0.717) is 70.6 Å². The van der Waals surface area contributed by atoms with Crippen LogP contribution in [0.4, 0.5) is 4.39 Å². The number of amides is 2. The minimum atomic E-state index is -0.553. The number of nitrogens with zero attached hydrogens (tertiary/aromatic N) is 3. The lowest BCUT2D eigenvalue weighted by Gasteiger charge is -2.27. The average Bonchev–Trinajstić information content (AvgIpc) is 3.81. The molecular weight excluding hydrogens is 675 g/mol. The van der Waals surface area contributed by atoms with E-state index in [-0.39, 0.29) is 24.5 Å². The van der Waals surface area contributed by atoms with Crippen LogP contribution in [-0.2, 0) is 24.4 Å². The van der Waals surface area contributed by atoms with Crippen molar-refractivity contribution in [3.05, 3.63) is 113 Å². The first-order valence-corrected chi connectivity index (χ1v) is 17.7. The average molecular weight is 713 g/mol. The van der Waals surface area contributed by atoms with Crippen LogP contribution >= 0.6 is 0 Å². The number of methoxy groups -OCH3 is 2. The van der Waals surface area contributed by atoms with Gasteiger partial charge in [-0.3, -0.25) is 19.4 Å². The predicted octanol–water partition coefficient (Wildman–Crippen LogP) is 7.29. The Bertz CT molecular complexity index is 2570. The molecule has 0 atom stereocenters. The zero-order valence-electron chi connectivity index (χ0n) is 29.4. The van der Waals surface area contributed by atoms with Crippen LogP contribution in [0.3, 0.4) is 0 Å². The normalized spacial score (nSPS) is 15.0. The minimum absolute atomic E-state index is 0.0215. The maximum Gasteiger partial charge on any atom is 0.262 e. The standard InChI is InChI=1S/C42H37FN4O6/c1-50-27-13-12-26(33(20-27)51-2)23-47-41(48)37-35-28-10-6-7-11-31(28)44-39(35)40-36(38(37)42(47)49)29-21-30(43)34(53-24-25-8-4-3-5-9-25)22-32(29)46(40)15-14-45-16-18-52-19-17-45/h3-13,20-22,44H,14-19,23-24H2,1-2H3. The molecule has 1 saturated heterocycles. The smallest absolute Gasteiger partial charge is 0.262 e. The van der Waals surface area contributed by atoms with Crippen LogP contribution in [0.5, 0.6) is 17.2 Å². The Morgan fingerprint density at radius 1 is 0.792 bits per heavy atom. The first kappa shape index (κ1) is 33.0. The SMILES string of the molecule is COc1ccc(CN2C(=O)c3c(c4c5cc(F)c(OCc6ccccc6)cc5n(CCN5CCOCC5)c4c4[nH]c5ccccc5c34)C2=O)c(OC)c1. The Morgan fingerprint density at radius 3 is 2.32 bits per heavy atom. The number of morpholine rings is 1. The predicted molar refractivity (Wildman–Crippen MR) is 201 cm³/mol. The first-order valence-electron chi connectivity index (χ1n) is 17.7. The van der Waals surface area contributed by atoms with Gasteiger partial charge in [-0.1, -0.05) is 48.5 Å². The summed E-state index contributed by atoms with van der Waals surface area (Å²) in [5, 5.41) is 2.57.